The van der Waals surface area contributed by atoms with Gasteiger partial charge in [-0.05, 0) is 68.3 Å². The quantitative estimate of drug-likeness (QED) is 0.170. The second-order valence-corrected chi connectivity index (χ2v) is 13.5. The second-order valence-electron chi connectivity index (χ2n) is 10.7. The summed E-state index contributed by atoms with van der Waals surface area (Å²) in [6.07, 6.45) is 0.236. The molecular weight excluding hydrogens is 654 g/mol. The number of hydrogen-bond acceptors (Lipinski definition) is 5. The topological polar surface area (TPSA) is 96.0 Å². The molecule has 0 radical (unpaired) electrons. The van der Waals surface area contributed by atoms with Crippen LogP contribution in [0.5, 0.6) is 5.75 Å². The third-order valence-electron chi connectivity index (χ3n) is 6.99. The lowest BCUT2D eigenvalue weighted by Crippen LogP contribution is -2.54. The van der Waals surface area contributed by atoms with Gasteiger partial charge in [0.1, 0.15) is 18.3 Å². The van der Waals surface area contributed by atoms with Gasteiger partial charge >= 0.3 is 0 Å². The Labute approximate surface area is 274 Å². The Bertz CT molecular complexity index is 1680. The van der Waals surface area contributed by atoms with Gasteiger partial charge in [0.15, 0.2) is 0 Å². The van der Waals surface area contributed by atoms with Gasteiger partial charge in [-0.2, -0.15) is 0 Å². The summed E-state index contributed by atoms with van der Waals surface area (Å²) in [6.45, 7) is 5.34. The predicted octanol–water partition coefficient (Wildman–Crippen LogP) is 6.21. The Morgan fingerprint density at radius 2 is 1.47 bits per heavy atom. The third-order valence-corrected chi connectivity index (χ3v) is 9.26. The molecule has 4 aromatic rings. The molecule has 0 aliphatic heterocycles. The maximum absolute atomic E-state index is 14.6. The molecule has 0 heterocycles. The number of benzene rings is 4. The Hall–Kier alpha value is -4.15. The monoisotopic (exact) mass is 691 g/mol. The summed E-state index contributed by atoms with van der Waals surface area (Å²) in [5, 5.41) is 2.97. The Morgan fingerprint density at radius 1 is 0.844 bits per heavy atom. The molecule has 8 nitrogen and oxygen atoms in total. The van der Waals surface area contributed by atoms with Crippen LogP contribution in [0.25, 0.3) is 0 Å². The standard InChI is InChI=1S/C35H38BrN3O5S/c1-4-44-33-21-12-11-20-31(33)39(45(42,43)30-18-9-6-10-19-30)25-34(40)38(24-28-16-13-17-29(36)22-28)32(35(41)37-26(2)3)23-27-14-7-5-8-15-27/h5-22,26,32H,4,23-25H2,1-3H3,(H,37,41)/t32-/m0/s1. The molecule has 10 heteroatoms. The SMILES string of the molecule is CCOc1ccccc1N(CC(=O)N(Cc1cccc(Br)c1)[C@@H](Cc1ccccc1)C(=O)NC(C)C)S(=O)(=O)c1ccccc1. The molecule has 0 unspecified atom stereocenters. The Balaban J connectivity index is 1.83. The van der Waals surface area contributed by atoms with Crippen LogP contribution >= 0.6 is 15.9 Å². The summed E-state index contributed by atoms with van der Waals surface area (Å²) in [5.74, 6) is -0.547. The van der Waals surface area contributed by atoms with Crippen LogP contribution in [0.3, 0.4) is 0 Å². The van der Waals surface area contributed by atoms with E-state index in [9.17, 15) is 18.0 Å². The normalized spacial score (nSPS) is 11.9. The summed E-state index contributed by atoms with van der Waals surface area (Å²) < 4.78 is 36.1. The van der Waals surface area contributed by atoms with Crippen LogP contribution in [0.4, 0.5) is 5.69 Å². The van der Waals surface area contributed by atoms with Gasteiger partial charge in [0.05, 0.1) is 17.2 Å². The van der Waals surface area contributed by atoms with Crippen molar-refractivity contribution in [1.29, 1.82) is 0 Å². The van der Waals surface area contributed by atoms with Crippen LogP contribution in [-0.4, -0.2) is 50.4 Å². The molecule has 0 aliphatic carbocycles. The zero-order chi connectivity index (χ0) is 32.4. The maximum Gasteiger partial charge on any atom is 0.264 e. The molecule has 1 atom stereocenters. The van der Waals surface area contributed by atoms with Crippen molar-refractivity contribution < 1.29 is 22.7 Å². The van der Waals surface area contributed by atoms with Gasteiger partial charge in [0.2, 0.25) is 11.8 Å². The molecule has 0 bridgehead atoms. The van der Waals surface area contributed by atoms with E-state index in [1.165, 1.54) is 17.0 Å². The lowest BCUT2D eigenvalue weighted by molar-refractivity contribution is -0.140. The van der Waals surface area contributed by atoms with Crippen molar-refractivity contribution in [3.05, 3.63) is 125 Å². The molecule has 0 aliphatic rings. The number of nitrogens with one attached hydrogen (secondary N) is 1. The van der Waals surface area contributed by atoms with E-state index in [1.54, 1.807) is 49.4 Å². The van der Waals surface area contributed by atoms with Crippen LogP contribution in [0.1, 0.15) is 31.9 Å². The van der Waals surface area contributed by atoms with Crippen molar-refractivity contribution in [3.8, 4) is 5.75 Å². The number of carbonyl (C=O) groups excluding carboxylic acids is 2. The Kier molecular flexibility index (Phi) is 11.8. The van der Waals surface area contributed by atoms with E-state index in [0.29, 0.717) is 12.4 Å². The highest BCUT2D eigenvalue weighted by atomic mass is 79.9. The highest BCUT2D eigenvalue weighted by molar-refractivity contribution is 9.10. The summed E-state index contributed by atoms with van der Waals surface area (Å²) >= 11 is 3.50. The Morgan fingerprint density at radius 3 is 2.11 bits per heavy atom. The molecule has 236 valence electrons. The molecule has 45 heavy (non-hydrogen) atoms. The number of sulfonamides is 1. The molecule has 4 aromatic carbocycles. The number of nitrogens with zero attached hydrogens (tertiary/aromatic N) is 2. The molecule has 0 spiro atoms. The second kappa shape index (κ2) is 15.7. The molecular formula is C35H38BrN3O5S. The number of ether oxygens (including phenoxy) is 1. The summed E-state index contributed by atoms with van der Waals surface area (Å²) in [6, 6.07) is 30.5. The molecule has 0 saturated carbocycles. The van der Waals surface area contributed by atoms with Gasteiger partial charge in [0, 0.05) is 23.5 Å². The van der Waals surface area contributed by atoms with E-state index < -0.39 is 28.5 Å². The number of hydrogen-bond donors (Lipinski definition) is 1. The van der Waals surface area contributed by atoms with Gasteiger partial charge in [-0.1, -0.05) is 88.7 Å². The van der Waals surface area contributed by atoms with Gasteiger partial charge < -0.3 is 15.0 Å². The van der Waals surface area contributed by atoms with E-state index in [4.69, 9.17) is 4.74 Å². The first-order chi connectivity index (χ1) is 21.6. The van der Waals surface area contributed by atoms with Crippen molar-refractivity contribution in [2.24, 2.45) is 0 Å². The minimum atomic E-state index is -4.23. The zero-order valence-electron chi connectivity index (χ0n) is 25.6. The first-order valence-electron chi connectivity index (χ1n) is 14.8. The van der Waals surface area contributed by atoms with Crippen molar-refractivity contribution in [1.82, 2.24) is 10.2 Å². The minimum Gasteiger partial charge on any atom is -0.492 e. The number of rotatable bonds is 14. The van der Waals surface area contributed by atoms with E-state index in [0.717, 1.165) is 19.9 Å². The average Bonchev–Trinajstić information content (AvgIpc) is 3.02. The lowest BCUT2D eigenvalue weighted by atomic mass is 10.0. The zero-order valence-corrected chi connectivity index (χ0v) is 28.0. The van der Waals surface area contributed by atoms with Crippen LogP contribution in [0.2, 0.25) is 0 Å². The van der Waals surface area contributed by atoms with E-state index >= 15 is 0 Å². The van der Waals surface area contributed by atoms with Crippen LogP contribution in [-0.2, 0) is 32.6 Å². The first kappa shape index (κ1) is 33.7. The molecule has 0 fully saturated rings. The van der Waals surface area contributed by atoms with Gasteiger partial charge in [0.25, 0.3) is 10.0 Å². The van der Waals surface area contributed by atoms with Crippen LogP contribution in [0, 0.1) is 0 Å². The van der Waals surface area contributed by atoms with Gasteiger partial charge in [-0.3, -0.25) is 13.9 Å². The van der Waals surface area contributed by atoms with E-state index in [2.05, 4.69) is 21.2 Å². The van der Waals surface area contributed by atoms with Crippen LogP contribution in [0.15, 0.2) is 119 Å². The number of carbonyl (C=O) groups is 2. The first-order valence-corrected chi connectivity index (χ1v) is 17.0. The van der Waals surface area contributed by atoms with Gasteiger partial charge in [-0.15, -0.1) is 0 Å². The van der Waals surface area contributed by atoms with E-state index in [1.807, 2.05) is 68.4 Å². The van der Waals surface area contributed by atoms with E-state index in [-0.39, 0.29) is 35.5 Å². The molecule has 2 amide bonds. The lowest BCUT2D eigenvalue weighted by Gasteiger charge is -2.34. The van der Waals surface area contributed by atoms with Crippen molar-refractivity contribution in [3.63, 3.8) is 0 Å². The van der Waals surface area contributed by atoms with Crippen LogP contribution < -0.4 is 14.4 Å². The smallest absolute Gasteiger partial charge is 0.264 e. The molecule has 0 saturated heterocycles. The fraction of sp³-hybridized carbons (Fsp3) is 0.257. The fourth-order valence-electron chi connectivity index (χ4n) is 4.94. The maximum atomic E-state index is 14.6. The highest BCUT2D eigenvalue weighted by Crippen LogP contribution is 2.33. The third kappa shape index (κ3) is 8.95. The predicted molar refractivity (Wildman–Crippen MR) is 180 cm³/mol. The number of anilines is 1. The van der Waals surface area contributed by atoms with Crippen molar-refractivity contribution >= 4 is 43.5 Å². The number of amides is 2. The summed E-state index contributed by atoms with van der Waals surface area (Å²) in [5.41, 5.74) is 1.87. The number of para-hydroxylation sites is 2. The minimum absolute atomic E-state index is 0.0287. The summed E-state index contributed by atoms with van der Waals surface area (Å²) in [4.78, 5) is 29.9. The fourth-order valence-corrected chi connectivity index (χ4v) is 6.83. The van der Waals surface area contributed by atoms with Gasteiger partial charge in [-0.25, -0.2) is 8.42 Å². The number of halogens is 1. The summed E-state index contributed by atoms with van der Waals surface area (Å²) in [7, 11) is -4.23. The molecule has 0 aromatic heterocycles. The largest absolute Gasteiger partial charge is 0.492 e. The highest BCUT2D eigenvalue weighted by Gasteiger charge is 2.35. The van der Waals surface area contributed by atoms with Crippen molar-refractivity contribution in [2.75, 3.05) is 17.5 Å². The van der Waals surface area contributed by atoms with Crippen molar-refractivity contribution in [2.45, 2.75) is 50.7 Å². The average molecular weight is 693 g/mol. The molecule has 1 N–H and O–H groups in total. The molecule has 4 rings (SSSR count).